The highest BCUT2D eigenvalue weighted by Gasteiger charge is 2.38. The summed E-state index contributed by atoms with van der Waals surface area (Å²) in [4.78, 5) is 32.9. The number of rotatable bonds is 5. The number of hydrogen-bond acceptors (Lipinski definition) is 9. The molecule has 37 heavy (non-hydrogen) atoms. The van der Waals surface area contributed by atoms with Crippen LogP contribution >= 0.6 is 0 Å². The fraction of sp³-hybridized carbons (Fsp3) is 0.542. The summed E-state index contributed by atoms with van der Waals surface area (Å²) in [6, 6.07) is -0.113. The first-order valence-corrected chi connectivity index (χ1v) is 12.1. The van der Waals surface area contributed by atoms with Crippen molar-refractivity contribution < 1.29 is 27.4 Å². The Morgan fingerprint density at radius 3 is 2.81 bits per heavy atom. The molecule has 3 aliphatic rings. The van der Waals surface area contributed by atoms with Crippen LogP contribution in [0.4, 0.5) is 24.9 Å². The van der Waals surface area contributed by atoms with Gasteiger partial charge in [-0.2, -0.15) is 18.2 Å². The topological polar surface area (TPSA) is 106 Å². The summed E-state index contributed by atoms with van der Waals surface area (Å²) in [6.45, 7) is 4.32. The minimum Gasteiger partial charge on any atom is -0.469 e. The second kappa shape index (κ2) is 10.4. The number of hydrogen-bond donors (Lipinski definition) is 1. The maximum Gasteiger partial charge on any atom is 0.423 e. The molecule has 0 spiro atoms. The smallest absolute Gasteiger partial charge is 0.423 e. The fourth-order valence-electron chi connectivity index (χ4n) is 4.60. The number of halogens is 3. The highest BCUT2D eigenvalue weighted by molar-refractivity contribution is 5.93. The quantitative estimate of drug-likeness (QED) is 0.597. The van der Waals surface area contributed by atoms with Crippen molar-refractivity contribution in [3.05, 3.63) is 29.3 Å². The lowest BCUT2D eigenvalue weighted by atomic mass is 10.0. The van der Waals surface area contributed by atoms with Gasteiger partial charge >= 0.3 is 6.18 Å². The molecule has 1 atom stereocenters. The van der Waals surface area contributed by atoms with Gasteiger partial charge in [0, 0.05) is 37.4 Å². The van der Waals surface area contributed by atoms with E-state index in [-0.39, 0.29) is 31.1 Å². The molecule has 2 aromatic rings. The summed E-state index contributed by atoms with van der Waals surface area (Å²) < 4.78 is 50.7. The minimum absolute atomic E-state index is 0.0750. The largest absolute Gasteiger partial charge is 0.469 e. The average Bonchev–Trinajstić information content (AvgIpc) is 2.85. The molecule has 13 heteroatoms. The number of nitrogens with zero attached hydrogens (tertiary/aromatic N) is 6. The Bertz CT molecular complexity index is 1230. The van der Waals surface area contributed by atoms with Gasteiger partial charge in [-0.3, -0.25) is 4.79 Å². The Kier molecular flexibility index (Phi) is 7.01. The number of carbonyl (C=O) groups is 1. The van der Waals surface area contributed by atoms with Crippen molar-refractivity contribution in [3.63, 3.8) is 0 Å². The molecule has 1 amide bonds. The Morgan fingerprint density at radius 1 is 1.24 bits per heavy atom. The van der Waals surface area contributed by atoms with Gasteiger partial charge in [0.15, 0.2) is 0 Å². The molecule has 0 bridgehead atoms. The first kappa shape index (κ1) is 25.0. The third-order valence-corrected chi connectivity index (χ3v) is 6.50. The van der Waals surface area contributed by atoms with E-state index in [1.807, 2.05) is 0 Å². The van der Waals surface area contributed by atoms with Crippen LogP contribution in [0.25, 0.3) is 0 Å². The predicted octanol–water partition coefficient (Wildman–Crippen LogP) is 2.05. The van der Waals surface area contributed by atoms with E-state index in [0.29, 0.717) is 26.1 Å². The van der Waals surface area contributed by atoms with E-state index >= 15 is 0 Å². The average molecular weight is 518 g/mol. The van der Waals surface area contributed by atoms with E-state index in [2.05, 4.69) is 42.0 Å². The van der Waals surface area contributed by atoms with Crippen molar-refractivity contribution in [1.82, 2.24) is 24.8 Å². The van der Waals surface area contributed by atoms with Gasteiger partial charge in [-0.1, -0.05) is 5.92 Å². The number of piperidine rings is 1. The van der Waals surface area contributed by atoms with Gasteiger partial charge in [-0.15, -0.1) is 0 Å². The third-order valence-electron chi connectivity index (χ3n) is 6.50. The molecule has 5 heterocycles. The second-order valence-corrected chi connectivity index (χ2v) is 9.09. The van der Waals surface area contributed by atoms with Crippen LogP contribution in [-0.2, 0) is 28.7 Å². The maximum atomic E-state index is 13.4. The van der Waals surface area contributed by atoms with Gasteiger partial charge in [-0.25, -0.2) is 15.0 Å². The predicted molar refractivity (Wildman–Crippen MR) is 126 cm³/mol. The van der Waals surface area contributed by atoms with Crippen LogP contribution in [0.2, 0.25) is 0 Å². The van der Waals surface area contributed by atoms with Gasteiger partial charge in [0.05, 0.1) is 25.5 Å². The monoisotopic (exact) mass is 517 g/mol. The van der Waals surface area contributed by atoms with Crippen molar-refractivity contribution in [3.8, 4) is 17.7 Å². The number of amides is 1. The van der Waals surface area contributed by atoms with Crippen LogP contribution in [-0.4, -0.2) is 75.7 Å². The van der Waals surface area contributed by atoms with Crippen LogP contribution in [0.3, 0.4) is 0 Å². The van der Waals surface area contributed by atoms with Crippen LogP contribution in [0.15, 0.2) is 12.5 Å². The summed E-state index contributed by atoms with van der Waals surface area (Å²) in [5.74, 6) is 5.38. The lowest BCUT2D eigenvalue weighted by molar-refractivity contribution is -0.142. The lowest BCUT2D eigenvalue weighted by Gasteiger charge is -2.36. The number of nitrogens with one attached hydrogen (secondary N) is 1. The second-order valence-electron chi connectivity index (χ2n) is 9.09. The van der Waals surface area contributed by atoms with E-state index in [1.54, 1.807) is 11.8 Å². The zero-order chi connectivity index (χ0) is 26.0. The van der Waals surface area contributed by atoms with Crippen LogP contribution in [0.5, 0.6) is 5.88 Å². The minimum atomic E-state index is -4.63. The van der Waals surface area contributed by atoms with E-state index in [0.717, 1.165) is 42.7 Å². The van der Waals surface area contributed by atoms with Crippen molar-refractivity contribution >= 4 is 17.7 Å². The van der Waals surface area contributed by atoms with Gasteiger partial charge in [0.2, 0.25) is 11.8 Å². The molecule has 0 unspecified atom stereocenters. The summed E-state index contributed by atoms with van der Waals surface area (Å²) in [5.41, 5.74) is 0.784. The SMILES string of the molecule is CC#CC(=O)N1CCc2c(ncnc2N2CCC[C@@H](Nc3ncc(C(F)(F)F)c(OC4COC4)n3)C2)C1. The molecule has 0 aromatic carbocycles. The van der Waals surface area contributed by atoms with Gasteiger partial charge < -0.3 is 24.6 Å². The molecule has 2 fully saturated rings. The zero-order valence-electron chi connectivity index (χ0n) is 20.2. The van der Waals surface area contributed by atoms with E-state index in [9.17, 15) is 18.0 Å². The zero-order valence-corrected chi connectivity index (χ0v) is 20.2. The maximum absolute atomic E-state index is 13.4. The van der Waals surface area contributed by atoms with E-state index in [1.165, 1.54) is 6.33 Å². The summed E-state index contributed by atoms with van der Waals surface area (Å²) >= 11 is 0. The molecular formula is C24H26F3N7O3. The normalized spacial score (nSPS) is 19.8. The van der Waals surface area contributed by atoms with E-state index in [4.69, 9.17) is 9.47 Å². The van der Waals surface area contributed by atoms with Crippen LogP contribution in [0, 0.1) is 11.8 Å². The van der Waals surface area contributed by atoms with Crippen molar-refractivity contribution in [2.45, 2.75) is 51.1 Å². The van der Waals surface area contributed by atoms with Gasteiger partial charge in [0.25, 0.3) is 5.91 Å². The molecule has 0 saturated carbocycles. The molecule has 2 saturated heterocycles. The molecular weight excluding hydrogens is 491 g/mol. The molecule has 5 rings (SSSR count). The molecule has 2 aromatic heterocycles. The van der Waals surface area contributed by atoms with Gasteiger partial charge in [-0.05, 0) is 32.1 Å². The first-order valence-electron chi connectivity index (χ1n) is 12.1. The molecule has 0 radical (unpaired) electrons. The summed E-state index contributed by atoms with van der Waals surface area (Å²) in [5, 5.41) is 3.17. The molecule has 0 aliphatic carbocycles. The Hall–Kier alpha value is -3.66. The Morgan fingerprint density at radius 2 is 2.08 bits per heavy atom. The van der Waals surface area contributed by atoms with Crippen molar-refractivity contribution in [1.29, 1.82) is 0 Å². The fourth-order valence-corrected chi connectivity index (χ4v) is 4.60. The number of anilines is 2. The van der Waals surface area contributed by atoms with Crippen molar-refractivity contribution in [2.24, 2.45) is 0 Å². The number of aromatic nitrogens is 4. The van der Waals surface area contributed by atoms with Gasteiger partial charge in [0.1, 0.15) is 23.8 Å². The van der Waals surface area contributed by atoms with E-state index < -0.39 is 23.7 Å². The summed E-state index contributed by atoms with van der Waals surface area (Å²) in [6.07, 6.45) is -0.590. The number of carbonyl (C=O) groups excluding carboxylic acids is 1. The molecule has 3 aliphatic heterocycles. The number of alkyl halides is 3. The van der Waals surface area contributed by atoms with Crippen molar-refractivity contribution in [2.75, 3.05) is 43.1 Å². The Labute approximate surface area is 211 Å². The molecule has 10 nitrogen and oxygen atoms in total. The first-order chi connectivity index (χ1) is 17.8. The third kappa shape index (κ3) is 5.53. The molecule has 1 N–H and O–H groups in total. The van der Waals surface area contributed by atoms with Crippen LogP contribution in [0.1, 0.15) is 36.6 Å². The lowest BCUT2D eigenvalue weighted by Crippen LogP contribution is -2.44. The standard InChI is InChI=1S/C24H26F3N7O3/c1-2-4-20(35)33-8-6-17-19(11-33)29-14-30-21(17)34-7-3-5-15(10-34)31-23-28-9-18(24(25,26)27)22(32-23)37-16-12-36-13-16/h9,14-16H,3,5-8,10-13H2,1H3,(H,28,31,32)/t15-/m1/s1. The number of ether oxygens (including phenoxy) is 2. The number of fused-ring (bicyclic) bond motifs is 1. The highest BCUT2D eigenvalue weighted by atomic mass is 19.4. The Balaban J connectivity index is 1.30. The molecule has 196 valence electrons. The van der Waals surface area contributed by atoms with Crippen LogP contribution < -0.4 is 15.0 Å². The summed E-state index contributed by atoms with van der Waals surface area (Å²) in [7, 11) is 0. The highest BCUT2D eigenvalue weighted by Crippen LogP contribution is 2.36.